The summed E-state index contributed by atoms with van der Waals surface area (Å²) in [7, 11) is 1.10. The maximum Gasteiger partial charge on any atom is 0.408 e. The SMILES string of the molecule is COC(=O)C(CO)NC(=O)C(CO)NC(=O)OCc1ccccc1. The fourth-order valence-electron chi connectivity index (χ4n) is 1.69. The van der Waals surface area contributed by atoms with E-state index in [0.717, 1.165) is 12.7 Å². The molecule has 2 amide bonds. The maximum atomic E-state index is 11.9. The van der Waals surface area contributed by atoms with Gasteiger partial charge in [0.1, 0.15) is 12.6 Å². The smallest absolute Gasteiger partial charge is 0.408 e. The lowest BCUT2D eigenvalue weighted by Crippen LogP contribution is -2.54. The summed E-state index contributed by atoms with van der Waals surface area (Å²) in [6.45, 7) is -1.41. The molecular weight excluding hydrogens is 320 g/mol. The molecule has 2 unspecified atom stereocenters. The first kappa shape index (κ1) is 19.4. The van der Waals surface area contributed by atoms with Crippen LogP contribution in [-0.4, -0.2) is 60.6 Å². The molecule has 0 bridgehead atoms. The maximum absolute atomic E-state index is 11.9. The number of ether oxygens (including phenoxy) is 2. The molecule has 9 heteroatoms. The lowest BCUT2D eigenvalue weighted by Gasteiger charge is -2.19. The zero-order chi connectivity index (χ0) is 17.9. The van der Waals surface area contributed by atoms with Crippen molar-refractivity contribution >= 4 is 18.0 Å². The third kappa shape index (κ3) is 6.23. The molecule has 2 atom stereocenters. The zero-order valence-corrected chi connectivity index (χ0v) is 13.1. The van der Waals surface area contributed by atoms with E-state index in [1.165, 1.54) is 0 Å². The van der Waals surface area contributed by atoms with Crippen molar-refractivity contribution in [3.63, 3.8) is 0 Å². The van der Waals surface area contributed by atoms with Crippen molar-refractivity contribution in [2.24, 2.45) is 0 Å². The van der Waals surface area contributed by atoms with Crippen molar-refractivity contribution in [2.75, 3.05) is 20.3 Å². The molecule has 0 aliphatic carbocycles. The second-order valence-corrected chi connectivity index (χ2v) is 4.71. The number of carbonyl (C=O) groups is 3. The van der Waals surface area contributed by atoms with Crippen molar-refractivity contribution in [1.29, 1.82) is 0 Å². The lowest BCUT2D eigenvalue weighted by molar-refractivity contribution is -0.146. The molecule has 132 valence electrons. The minimum Gasteiger partial charge on any atom is -0.467 e. The van der Waals surface area contributed by atoms with Crippen LogP contribution in [0.3, 0.4) is 0 Å². The molecule has 0 aliphatic heterocycles. The number of hydrogen-bond donors (Lipinski definition) is 4. The van der Waals surface area contributed by atoms with Gasteiger partial charge >= 0.3 is 12.1 Å². The zero-order valence-electron chi connectivity index (χ0n) is 13.1. The molecule has 24 heavy (non-hydrogen) atoms. The molecule has 1 aromatic rings. The van der Waals surface area contributed by atoms with Crippen LogP contribution in [0.25, 0.3) is 0 Å². The summed E-state index contributed by atoms with van der Waals surface area (Å²) in [4.78, 5) is 34.9. The van der Waals surface area contributed by atoms with E-state index in [1.807, 2.05) is 6.07 Å². The molecule has 4 N–H and O–H groups in total. The van der Waals surface area contributed by atoms with E-state index in [0.29, 0.717) is 0 Å². The Labute approximate surface area is 138 Å². The molecule has 0 fully saturated rings. The quantitative estimate of drug-likeness (QED) is 0.442. The van der Waals surface area contributed by atoms with Crippen molar-refractivity contribution in [1.82, 2.24) is 10.6 Å². The number of methoxy groups -OCH3 is 1. The van der Waals surface area contributed by atoms with Gasteiger partial charge in [0.2, 0.25) is 5.91 Å². The summed E-state index contributed by atoms with van der Waals surface area (Å²) in [5.74, 6) is -1.71. The number of aliphatic hydroxyl groups is 2. The van der Waals surface area contributed by atoms with E-state index in [-0.39, 0.29) is 6.61 Å². The highest BCUT2D eigenvalue weighted by Crippen LogP contribution is 2.01. The number of benzene rings is 1. The van der Waals surface area contributed by atoms with Crippen LogP contribution >= 0.6 is 0 Å². The van der Waals surface area contributed by atoms with Gasteiger partial charge in [0.05, 0.1) is 20.3 Å². The minimum atomic E-state index is -1.34. The number of carbonyl (C=O) groups excluding carboxylic acids is 3. The van der Waals surface area contributed by atoms with E-state index in [9.17, 15) is 19.5 Å². The van der Waals surface area contributed by atoms with Crippen LogP contribution in [-0.2, 0) is 25.7 Å². The van der Waals surface area contributed by atoms with E-state index in [4.69, 9.17) is 9.84 Å². The predicted octanol–water partition coefficient (Wildman–Crippen LogP) is -1.08. The van der Waals surface area contributed by atoms with E-state index in [2.05, 4.69) is 15.4 Å². The Kier molecular flexibility index (Phi) is 8.23. The van der Waals surface area contributed by atoms with Crippen LogP contribution in [0.4, 0.5) is 4.79 Å². The minimum absolute atomic E-state index is 0.00608. The summed E-state index contributed by atoms with van der Waals surface area (Å²) in [5.41, 5.74) is 0.753. The molecule has 0 radical (unpaired) electrons. The average molecular weight is 340 g/mol. The summed E-state index contributed by atoms with van der Waals surface area (Å²) in [6.07, 6.45) is -0.910. The fraction of sp³-hybridized carbons (Fsp3) is 0.400. The van der Waals surface area contributed by atoms with Crippen LogP contribution in [0.5, 0.6) is 0 Å². The molecule has 9 nitrogen and oxygen atoms in total. The van der Waals surface area contributed by atoms with Gasteiger partial charge in [-0.3, -0.25) is 4.79 Å². The average Bonchev–Trinajstić information content (AvgIpc) is 2.62. The van der Waals surface area contributed by atoms with Crippen molar-refractivity contribution < 1.29 is 34.1 Å². The Balaban J connectivity index is 2.51. The van der Waals surface area contributed by atoms with E-state index < -0.39 is 43.3 Å². The number of rotatable bonds is 8. The van der Waals surface area contributed by atoms with Crippen molar-refractivity contribution in [2.45, 2.75) is 18.7 Å². The number of aliphatic hydroxyl groups excluding tert-OH is 2. The van der Waals surface area contributed by atoms with Gasteiger partial charge in [0.25, 0.3) is 0 Å². The molecule has 0 aliphatic rings. The monoisotopic (exact) mass is 340 g/mol. The first-order valence-electron chi connectivity index (χ1n) is 7.09. The van der Waals surface area contributed by atoms with Gasteiger partial charge in [-0.15, -0.1) is 0 Å². The second kappa shape index (κ2) is 10.2. The number of esters is 1. The second-order valence-electron chi connectivity index (χ2n) is 4.71. The Hall–Kier alpha value is -2.65. The third-order valence-corrected chi connectivity index (χ3v) is 2.99. The summed E-state index contributed by atoms with van der Waals surface area (Å²) >= 11 is 0. The Bertz CT molecular complexity index is 550. The lowest BCUT2D eigenvalue weighted by atomic mass is 10.2. The van der Waals surface area contributed by atoms with Gasteiger partial charge < -0.3 is 30.3 Å². The number of hydrogen-bond acceptors (Lipinski definition) is 7. The van der Waals surface area contributed by atoms with Crippen LogP contribution in [0.2, 0.25) is 0 Å². The van der Waals surface area contributed by atoms with Gasteiger partial charge in [-0.05, 0) is 5.56 Å². The van der Waals surface area contributed by atoms with Gasteiger partial charge in [-0.25, -0.2) is 9.59 Å². The standard InChI is InChI=1S/C15H20N2O7/c1-23-14(21)12(8-19)16-13(20)11(7-18)17-15(22)24-9-10-5-3-2-4-6-10/h2-6,11-12,18-19H,7-9H2,1H3,(H,16,20)(H,17,22). The molecule has 0 saturated carbocycles. The summed E-state index contributed by atoms with van der Waals surface area (Å²) in [5, 5.41) is 22.6. The predicted molar refractivity (Wildman–Crippen MR) is 81.7 cm³/mol. The molecule has 0 spiro atoms. The number of nitrogens with one attached hydrogen (secondary N) is 2. The van der Waals surface area contributed by atoms with Gasteiger partial charge in [0, 0.05) is 0 Å². The first-order chi connectivity index (χ1) is 11.5. The highest BCUT2D eigenvalue weighted by molar-refractivity contribution is 5.89. The Morgan fingerprint density at radius 2 is 1.67 bits per heavy atom. The fourth-order valence-corrected chi connectivity index (χ4v) is 1.69. The highest BCUT2D eigenvalue weighted by atomic mass is 16.5. The third-order valence-electron chi connectivity index (χ3n) is 2.99. The largest absolute Gasteiger partial charge is 0.467 e. The van der Waals surface area contributed by atoms with Crippen molar-refractivity contribution in [3.8, 4) is 0 Å². The summed E-state index contributed by atoms with van der Waals surface area (Å²) < 4.78 is 9.33. The van der Waals surface area contributed by atoms with Crippen LogP contribution < -0.4 is 10.6 Å². The van der Waals surface area contributed by atoms with E-state index in [1.54, 1.807) is 24.3 Å². The molecule has 0 heterocycles. The van der Waals surface area contributed by atoms with Gasteiger partial charge in [-0.1, -0.05) is 30.3 Å². The number of amides is 2. The molecule has 0 aromatic heterocycles. The van der Waals surface area contributed by atoms with Gasteiger partial charge in [-0.2, -0.15) is 0 Å². The Morgan fingerprint density at radius 3 is 2.21 bits per heavy atom. The topological polar surface area (TPSA) is 134 Å². The normalized spacial score (nSPS) is 12.6. The molecule has 1 rings (SSSR count). The summed E-state index contributed by atoms with van der Waals surface area (Å²) in [6, 6.07) is 6.25. The van der Waals surface area contributed by atoms with E-state index >= 15 is 0 Å². The van der Waals surface area contributed by atoms with Gasteiger partial charge in [0.15, 0.2) is 6.04 Å². The van der Waals surface area contributed by atoms with Crippen LogP contribution in [0.1, 0.15) is 5.56 Å². The van der Waals surface area contributed by atoms with Crippen LogP contribution in [0, 0.1) is 0 Å². The molecule has 1 aromatic carbocycles. The molecular formula is C15H20N2O7. The van der Waals surface area contributed by atoms with Crippen LogP contribution in [0.15, 0.2) is 30.3 Å². The highest BCUT2D eigenvalue weighted by Gasteiger charge is 2.26. The Morgan fingerprint density at radius 1 is 1.04 bits per heavy atom. The number of alkyl carbamates (subject to hydrolysis) is 1. The van der Waals surface area contributed by atoms with Crippen molar-refractivity contribution in [3.05, 3.63) is 35.9 Å². The first-order valence-corrected chi connectivity index (χ1v) is 7.09. The molecule has 0 saturated heterocycles.